The summed E-state index contributed by atoms with van der Waals surface area (Å²) in [4.78, 5) is 0. The van der Waals surface area contributed by atoms with Crippen LogP contribution in [0.25, 0.3) is 0 Å². The summed E-state index contributed by atoms with van der Waals surface area (Å²) in [6.45, 7) is 3.38. The smallest absolute Gasteiger partial charge is 0.0487 e. The van der Waals surface area contributed by atoms with Crippen molar-refractivity contribution in [2.75, 3.05) is 26.9 Å². The monoisotopic (exact) mass is 235 g/mol. The van der Waals surface area contributed by atoms with Gasteiger partial charge >= 0.3 is 0 Å². The van der Waals surface area contributed by atoms with Crippen LogP contribution in [0.2, 0.25) is 0 Å². The summed E-state index contributed by atoms with van der Waals surface area (Å²) in [5.74, 6) is 0. The van der Waals surface area contributed by atoms with E-state index in [1.165, 1.54) is 11.1 Å². The van der Waals surface area contributed by atoms with Crippen molar-refractivity contribution < 1.29 is 9.47 Å². The summed E-state index contributed by atoms with van der Waals surface area (Å²) in [5, 5.41) is 3.52. The Labute approximate surface area is 103 Å². The first kappa shape index (κ1) is 12.6. The molecule has 0 aromatic heterocycles. The van der Waals surface area contributed by atoms with E-state index in [0.29, 0.717) is 6.04 Å². The first-order chi connectivity index (χ1) is 8.42. The Bertz CT molecular complexity index is 341. The maximum Gasteiger partial charge on any atom is 0.0487 e. The summed E-state index contributed by atoms with van der Waals surface area (Å²) in [5.41, 5.74) is 2.87. The Kier molecular flexibility index (Phi) is 4.98. The fraction of sp³-hybridized carbons (Fsp3) is 0.571. The SMILES string of the molecule is COCCCOCCC1NCc2ccccc21. The number of methoxy groups -OCH3 is 1. The molecule has 0 amide bonds. The fourth-order valence-corrected chi connectivity index (χ4v) is 2.24. The molecule has 1 N–H and O–H groups in total. The van der Waals surface area contributed by atoms with Gasteiger partial charge in [-0.3, -0.25) is 0 Å². The number of hydrogen-bond acceptors (Lipinski definition) is 3. The van der Waals surface area contributed by atoms with E-state index in [2.05, 4.69) is 29.6 Å². The topological polar surface area (TPSA) is 30.5 Å². The molecule has 1 aromatic carbocycles. The third kappa shape index (κ3) is 3.53. The van der Waals surface area contributed by atoms with Gasteiger partial charge in [-0.15, -0.1) is 0 Å². The quantitative estimate of drug-likeness (QED) is 0.735. The zero-order valence-corrected chi connectivity index (χ0v) is 10.4. The van der Waals surface area contributed by atoms with E-state index in [4.69, 9.17) is 9.47 Å². The molecule has 0 radical (unpaired) electrons. The van der Waals surface area contributed by atoms with Crippen molar-refractivity contribution in [3.63, 3.8) is 0 Å². The average molecular weight is 235 g/mol. The number of benzene rings is 1. The van der Waals surface area contributed by atoms with Crippen molar-refractivity contribution >= 4 is 0 Å². The van der Waals surface area contributed by atoms with Gasteiger partial charge in [-0.2, -0.15) is 0 Å². The zero-order chi connectivity index (χ0) is 11.9. The maximum absolute atomic E-state index is 5.59. The highest BCUT2D eigenvalue weighted by atomic mass is 16.5. The Morgan fingerprint density at radius 3 is 3.00 bits per heavy atom. The third-order valence-electron chi connectivity index (χ3n) is 3.16. The molecule has 0 fully saturated rings. The molecule has 1 heterocycles. The fourth-order valence-electron chi connectivity index (χ4n) is 2.24. The average Bonchev–Trinajstić information content (AvgIpc) is 2.77. The molecule has 2 rings (SSSR count). The highest BCUT2D eigenvalue weighted by molar-refractivity contribution is 5.33. The van der Waals surface area contributed by atoms with Gasteiger partial charge in [0.25, 0.3) is 0 Å². The predicted molar refractivity (Wildman–Crippen MR) is 68.0 cm³/mol. The van der Waals surface area contributed by atoms with Crippen LogP contribution in [-0.4, -0.2) is 26.9 Å². The van der Waals surface area contributed by atoms with Crippen molar-refractivity contribution in [3.8, 4) is 0 Å². The standard InChI is InChI=1S/C14H21NO2/c1-16-8-4-9-17-10-7-14-13-6-3-2-5-12(13)11-15-14/h2-3,5-6,14-15H,4,7-11H2,1H3. The minimum Gasteiger partial charge on any atom is -0.385 e. The van der Waals surface area contributed by atoms with Gasteiger partial charge in [0.2, 0.25) is 0 Å². The lowest BCUT2D eigenvalue weighted by atomic mass is 10.0. The minimum absolute atomic E-state index is 0.466. The normalized spacial score (nSPS) is 18.3. The van der Waals surface area contributed by atoms with Gasteiger partial charge in [0, 0.05) is 39.5 Å². The first-order valence-electron chi connectivity index (χ1n) is 6.29. The molecular formula is C14H21NO2. The zero-order valence-electron chi connectivity index (χ0n) is 10.4. The second-order valence-electron chi connectivity index (χ2n) is 4.38. The molecular weight excluding hydrogens is 214 g/mol. The van der Waals surface area contributed by atoms with Gasteiger partial charge in [0.05, 0.1) is 0 Å². The van der Waals surface area contributed by atoms with Crippen LogP contribution in [0, 0.1) is 0 Å². The minimum atomic E-state index is 0.466. The highest BCUT2D eigenvalue weighted by Gasteiger charge is 2.20. The van der Waals surface area contributed by atoms with Crippen LogP contribution in [0.4, 0.5) is 0 Å². The number of ether oxygens (including phenoxy) is 2. The van der Waals surface area contributed by atoms with Gasteiger partial charge in [0.1, 0.15) is 0 Å². The summed E-state index contributed by atoms with van der Waals surface area (Å²) in [6, 6.07) is 9.09. The van der Waals surface area contributed by atoms with Gasteiger partial charge in [-0.25, -0.2) is 0 Å². The lowest BCUT2D eigenvalue weighted by molar-refractivity contribution is 0.0969. The molecule has 94 valence electrons. The Hall–Kier alpha value is -0.900. The van der Waals surface area contributed by atoms with Gasteiger partial charge in [-0.1, -0.05) is 24.3 Å². The van der Waals surface area contributed by atoms with E-state index in [1.54, 1.807) is 7.11 Å². The molecule has 17 heavy (non-hydrogen) atoms. The van der Waals surface area contributed by atoms with E-state index >= 15 is 0 Å². The first-order valence-corrected chi connectivity index (χ1v) is 6.29. The predicted octanol–water partition coefficient (Wildman–Crippen LogP) is 2.27. The summed E-state index contributed by atoms with van der Waals surface area (Å²) in [7, 11) is 1.72. The molecule has 3 heteroatoms. The molecule has 0 bridgehead atoms. The lowest BCUT2D eigenvalue weighted by Gasteiger charge is -2.12. The maximum atomic E-state index is 5.59. The van der Waals surface area contributed by atoms with Gasteiger partial charge < -0.3 is 14.8 Å². The highest BCUT2D eigenvalue weighted by Crippen LogP contribution is 2.27. The van der Waals surface area contributed by atoms with Crippen LogP contribution >= 0.6 is 0 Å². The van der Waals surface area contributed by atoms with Crippen LogP contribution in [0.1, 0.15) is 30.0 Å². The molecule has 1 unspecified atom stereocenters. The largest absolute Gasteiger partial charge is 0.385 e. The van der Waals surface area contributed by atoms with Crippen molar-refractivity contribution in [2.45, 2.75) is 25.4 Å². The van der Waals surface area contributed by atoms with Crippen LogP contribution in [0.15, 0.2) is 24.3 Å². The van der Waals surface area contributed by atoms with E-state index in [0.717, 1.165) is 39.2 Å². The summed E-state index contributed by atoms with van der Waals surface area (Å²) in [6.07, 6.45) is 2.02. The number of hydrogen-bond donors (Lipinski definition) is 1. The van der Waals surface area contributed by atoms with E-state index < -0.39 is 0 Å². The van der Waals surface area contributed by atoms with Crippen LogP contribution in [0.5, 0.6) is 0 Å². The Morgan fingerprint density at radius 2 is 2.12 bits per heavy atom. The molecule has 3 nitrogen and oxygen atoms in total. The van der Waals surface area contributed by atoms with E-state index in [9.17, 15) is 0 Å². The van der Waals surface area contributed by atoms with Crippen molar-refractivity contribution in [1.29, 1.82) is 0 Å². The number of fused-ring (bicyclic) bond motifs is 1. The summed E-state index contributed by atoms with van der Waals surface area (Å²) >= 11 is 0. The third-order valence-corrected chi connectivity index (χ3v) is 3.16. The molecule has 0 aliphatic carbocycles. The second-order valence-corrected chi connectivity index (χ2v) is 4.38. The van der Waals surface area contributed by atoms with E-state index in [-0.39, 0.29) is 0 Å². The lowest BCUT2D eigenvalue weighted by Crippen LogP contribution is -2.14. The molecule has 0 saturated heterocycles. The molecule has 1 aliphatic heterocycles. The summed E-state index contributed by atoms with van der Waals surface area (Å²) < 4.78 is 10.6. The Morgan fingerprint density at radius 1 is 1.24 bits per heavy atom. The molecule has 1 atom stereocenters. The van der Waals surface area contributed by atoms with Crippen molar-refractivity contribution in [2.24, 2.45) is 0 Å². The van der Waals surface area contributed by atoms with E-state index in [1.807, 2.05) is 0 Å². The molecule has 0 saturated carbocycles. The second kappa shape index (κ2) is 6.74. The van der Waals surface area contributed by atoms with Gasteiger partial charge in [0.15, 0.2) is 0 Å². The van der Waals surface area contributed by atoms with Crippen molar-refractivity contribution in [1.82, 2.24) is 5.32 Å². The van der Waals surface area contributed by atoms with Crippen LogP contribution in [0.3, 0.4) is 0 Å². The molecule has 1 aromatic rings. The molecule has 1 aliphatic rings. The number of nitrogens with one attached hydrogen (secondary N) is 1. The molecule has 0 spiro atoms. The Balaban J connectivity index is 1.68. The van der Waals surface area contributed by atoms with Crippen LogP contribution < -0.4 is 5.32 Å². The van der Waals surface area contributed by atoms with Gasteiger partial charge in [-0.05, 0) is 24.0 Å². The number of rotatable bonds is 7. The van der Waals surface area contributed by atoms with Crippen LogP contribution in [-0.2, 0) is 16.0 Å². The van der Waals surface area contributed by atoms with Crippen molar-refractivity contribution in [3.05, 3.63) is 35.4 Å².